The second kappa shape index (κ2) is 11.4. The zero-order valence-electron chi connectivity index (χ0n) is 20.1. The van der Waals surface area contributed by atoms with Gasteiger partial charge in [0, 0.05) is 15.7 Å². The number of carbonyl (C=O) groups is 4. The topological polar surface area (TPSA) is 105 Å². The van der Waals surface area contributed by atoms with Crippen LogP contribution in [0, 0.1) is 13.8 Å². The fourth-order valence-corrected chi connectivity index (χ4v) is 4.32. The number of halogens is 3. The number of aryl methyl sites for hydroxylation is 1. The van der Waals surface area contributed by atoms with Gasteiger partial charge in [0.2, 0.25) is 0 Å². The zero-order chi connectivity index (χ0) is 27.6. The Hall–Kier alpha value is -3.66. The van der Waals surface area contributed by atoms with Crippen LogP contribution in [0.2, 0.25) is 10.0 Å². The van der Waals surface area contributed by atoms with E-state index in [4.69, 9.17) is 27.9 Å². The maximum absolute atomic E-state index is 13.3. The van der Waals surface area contributed by atoms with Crippen molar-refractivity contribution in [3.8, 4) is 5.75 Å². The van der Waals surface area contributed by atoms with Crippen LogP contribution >= 0.6 is 39.1 Å². The van der Waals surface area contributed by atoms with E-state index in [0.29, 0.717) is 15.7 Å². The Morgan fingerprint density at radius 2 is 1.82 bits per heavy atom. The van der Waals surface area contributed by atoms with Crippen LogP contribution in [0.4, 0.5) is 16.2 Å². The third kappa shape index (κ3) is 5.91. The molecule has 4 rings (SSSR count). The first kappa shape index (κ1) is 27.4. The number of ether oxygens (including phenoxy) is 1. The number of imide groups is 2. The van der Waals surface area contributed by atoms with Crippen LogP contribution in [0.25, 0.3) is 6.08 Å². The lowest BCUT2D eigenvalue weighted by Crippen LogP contribution is -2.54. The summed E-state index contributed by atoms with van der Waals surface area (Å²) in [5.74, 6) is -1.89. The molecule has 1 aliphatic rings. The standard InChI is InChI=1S/C27H20BrCl2N3O5/c1-14-4-3-5-22(15(14)2)31-24(34)13-38-23-9-6-17(28)10-16(23)11-19-25(35)32-27(37)33(26(19)36)18-7-8-20(29)21(30)12-18/h3-12H,13H2,1-2H3,(H,31,34)(H,32,35,37)/b19-11-. The molecule has 3 aromatic carbocycles. The summed E-state index contributed by atoms with van der Waals surface area (Å²) < 4.78 is 6.37. The molecule has 1 heterocycles. The summed E-state index contributed by atoms with van der Waals surface area (Å²) >= 11 is 15.4. The SMILES string of the molecule is Cc1cccc(NC(=O)COc2ccc(Br)cc2/C=C2/C(=O)NC(=O)N(c3ccc(Cl)c(Cl)c3)C2=O)c1C. The molecular weight excluding hydrogens is 597 g/mol. The van der Waals surface area contributed by atoms with Crippen molar-refractivity contribution in [2.24, 2.45) is 0 Å². The Balaban J connectivity index is 1.59. The minimum Gasteiger partial charge on any atom is -0.483 e. The average molecular weight is 617 g/mol. The van der Waals surface area contributed by atoms with Crippen LogP contribution in [-0.2, 0) is 14.4 Å². The highest BCUT2D eigenvalue weighted by atomic mass is 79.9. The molecule has 1 saturated heterocycles. The van der Waals surface area contributed by atoms with Crippen LogP contribution in [0.1, 0.15) is 16.7 Å². The van der Waals surface area contributed by atoms with E-state index >= 15 is 0 Å². The van der Waals surface area contributed by atoms with E-state index in [1.165, 1.54) is 24.3 Å². The number of benzene rings is 3. The number of nitrogens with zero attached hydrogens (tertiary/aromatic N) is 1. The minimum absolute atomic E-state index is 0.133. The molecule has 0 saturated carbocycles. The summed E-state index contributed by atoms with van der Waals surface area (Å²) in [5.41, 5.74) is 2.80. The van der Waals surface area contributed by atoms with Crippen LogP contribution in [0.5, 0.6) is 5.75 Å². The number of barbiturate groups is 1. The van der Waals surface area contributed by atoms with Crippen LogP contribution in [0.3, 0.4) is 0 Å². The van der Waals surface area contributed by atoms with Crippen molar-refractivity contribution in [3.05, 3.63) is 91.4 Å². The van der Waals surface area contributed by atoms with E-state index < -0.39 is 17.8 Å². The van der Waals surface area contributed by atoms with E-state index in [2.05, 4.69) is 26.6 Å². The van der Waals surface area contributed by atoms with Crippen molar-refractivity contribution >= 4 is 80.3 Å². The summed E-state index contributed by atoms with van der Waals surface area (Å²) in [4.78, 5) is 51.7. The second-order valence-corrected chi connectivity index (χ2v) is 10.1. The van der Waals surface area contributed by atoms with E-state index in [9.17, 15) is 19.2 Å². The largest absolute Gasteiger partial charge is 0.483 e. The number of carbonyl (C=O) groups excluding carboxylic acids is 4. The highest BCUT2D eigenvalue weighted by Crippen LogP contribution is 2.31. The number of hydrogen-bond acceptors (Lipinski definition) is 5. The molecule has 2 N–H and O–H groups in total. The Bertz CT molecular complexity index is 1520. The van der Waals surface area contributed by atoms with Gasteiger partial charge in [0.05, 0.1) is 15.7 Å². The van der Waals surface area contributed by atoms with Crippen molar-refractivity contribution in [1.82, 2.24) is 5.32 Å². The molecule has 5 amide bonds. The number of rotatable bonds is 6. The lowest BCUT2D eigenvalue weighted by Gasteiger charge is -2.26. The smallest absolute Gasteiger partial charge is 0.335 e. The molecule has 0 bridgehead atoms. The molecule has 0 radical (unpaired) electrons. The monoisotopic (exact) mass is 615 g/mol. The Morgan fingerprint density at radius 1 is 1.05 bits per heavy atom. The summed E-state index contributed by atoms with van der Waals surface area (Å²) in [5, 5.41) is 5.34. The van der Waals surface area contributed by atoms with Crippen molar-refractivity contribution in [3.63, 3.8) is 0 Å². The highest BCUT2D eigenvalue weighted by Gasteiger charge is 2.37. The first-order valence-electron chi connectivity index (χ1n) is 11.2. The van der Waals surface area contributed by atoms with Crippen LogP contribution < -0.4 is 20.3 Å². The molecule has 0 unspecified atom stereocenters. The Kier molecular flexibility index (Phi) is 8.20. The molecule has 8 nitrogen and oxygen atoms in total. The van der Waals surface area contributed by atoms with Gasteiger partial charge >= 0.3 is 6.03 Å². The van der Waals surface area contributed by atoms with Gasteiger partial charge in [0.15, 0.2) is 6.61 Å². The van der Waals surface area contributed by atoms with Gasteiger partial charge < -0.3 is 10.1 Å². The van der Waals surface area contributed by atoms with Crippen LogP contribution in [0.15, 0.2) is 64.6 Å². The van der Waals surface area contributed by atoms with Gasteiger partial charge in [-0.05, 0) is 73.5 Å². The maximum atomic E-state index is 13.3. The van der Waals surface area contributed by atoms with Crippen molar-refractivity contribution < 1.29 is 23.9 Å². The van der Waals surface area contributed by atoms with Crippen molar-refractivity contribution in [2.75, 3.05) is 16.8 Å². The van der Waals surface area contributed by atoms with Gasteiger partial charge in [-0.3, -0.25) is 19.7 Å². The summed E-state index contributed by atoms with van der Waals surface area (Å²) in [6, 6.07) is 13.8. The average Bonchev–Trinajstić information content (AvgIpc) is 2.86. The molecule has 0 aliphatic carbocycles. The molecule has 0 atom stereocenters. The highest BCUT2D eigenvalue weighted by molar-refractivity contribution is 9.10. The minimum atomic E-state index is -0.927. The molecule has 194 valence electrons. The quantitative estimate of drug-likeness (QED) is 0.259. The first-order chi connectivity index (χ1) is 18.0. The third-order valence-electron chi connectivity index (χ3n) is 5.77. The maximum Gasteiger partial charge on any atom is 0.335 e. The van der Waals surface area contributed by atoms with Gasteiger partial charge in [-0.25, -0.2) is 9.69 Å². The summed E-state index contributed by atoms with van der Waals surface area (Å²) in [6.45, 7) is 3.53. The molecular formula is C27H20BrCl2N3O5. The fraction of sp³-hybridized carbons (Fsp3) is 0.111. The number of urea groups is 1. The molecule has 3 aromatic rings. The molecule has 0 aromatic heterocycles. The Morgan fingerprint density at radius 3 is 2.55 bits per heavy atom. The number of amides is 5. The van der Waals surface area contributed by atoms with Gasteiger partial charge in [-0.15, -0.1) is 0 Å². The van der Waals surface area contributed by atoms with Crippen molar-refractivity contribution in [1.29, 1.82) is 0 Å². The normalized spacial score (nSPS) is 14.5. The first-order valence-corrected chi connectivity index (χ1v) is 12.7. The number of nitrogens with one attached hydrogen (secondary N) is 2. The molecule has 38 heavy (non-hydrogen) atoms. The summed E-state index contributed by atoms with van der Waals surface area (Å²) in [7, 11) is 0. The predicted molar refractivity (Wildman–Crippen MR) is 150 cm³/mol. The van der Waals surface area contributed by atoms with E-state index in [-0.39, 0.29) is 39.6 Å². The lowest BCUT2D eigenvalue weighted by molar-refractivity contribution is -0.122. The number of anilines is 2. The molecule has 1 fully saturated rings. The van der Waals surface area contributed by atoms with Gasteiger partial charge in [-0.2, -0.15) is 0 Å². The third-order valence-corrected chi connectivity index (χ3v) is 7.00. The molecule has 1 aliphatic heterocycles. The van der Waals surface area contributed by atoms with Crippen LogP contribution in [-0.4, -0.2) is 30.4 Å². The van der Waals surface area contributed by atoms with Gasteiger partial charge in [0.25, 0.3) is 17.7 Å². The predicted octanol–water partition coefficient (Wildman–Crippen LogP) is 6.06. The zero-order valence-corrected chi connectivity index (χ0v) is 23.2. The molecule has 11 heteroatoms. The van der Waals surface area contributed by atoms with Crippen molar-refractivity contribution in [2.45, 2.75) is 13.8 Å². The lowest BCUT2D eigenvalue weighted by atomic mass is 10.1. The fourth-order valence-electron chi connectivity index (χ4n) is 3.65. The van der Waals surface area contributed by atoms with Gasteiger partial charge in [0.1, 0.15) is 11.3 Å². The summed E-state index contributed by atoms with van der Waals surface area (Å²) in [6.07, 6.45) is 1.29. The number of hydrogen-bond donors (Lipinski definition) is 2. The molecule has 0 spiro atoms. The Labute approximate surface area is 236 Å². The van der Waals surface area contributed by atoms with Gasteiger partial charge in [-0.1, -0.05) is 51.3 Å². The van der Waals surface area contributed by atoms with E-state index in [1.54, 1.807) is 24.3 Å². The van der Waals surface area contributed by atoms with E-state index in [0.717, 1.165) is 16.0 Å². The van der Waals surface area contributed by atoms with E-state index in [1.807, 2.05) is 26.0 Å². The second-order valence-electron chi connectivity index (χ2n) is 8.32.